The zero-order chi connectivity index (χ0) is 22.9. The number of carbonyl (C=O) groups is 3. The van der Waals surface area contributed by atoms with Crippen molar-refractivity contribution in [1.82, 2.24) is 0 Å². The van der Waals surface area contributed by atoms with Gasteiger partial charge in [-0.3, -0.25) is 9.59 Å². The normalized spacial score (nSPS) is 20.2. The summed E-state index contributed by atoms with van der Waals surface area (Å²) in [5.41, 5.74) is 3.28. The van der Waals surface area contributed by atoms with Gasteiger partial charge in [-0.05, 0) is 56.3 Å². The van der Waals surface area contributed by atoms with Crippen LogP contribution in [0.4, 0.5) is 0 Å². The molecule has 0 aromatic heterocycles. The summed E-state index contributed by atoms with van der Waals surface area (Å²) in [6.07, 6.45) is 11.8. The quantitative estimate of drug-likeness (QED) is 0.316. The fourth-order valence-electron chi connectivity index (χ4n) is 3.62. The minimum absolute atomic E-state index is 0.0205. The molecule has 1 aliphatic rings. The van der Waals surface area contributed by atoms with E-state index in [1.807, 2.05) is 51.2 Å². The molecule has 1 atom stereocenters. The maximum absolute atomic E-state index is 12.8. The molecule has 30 heavy (non-hydrogen) atoms. The van der Waals surface area contributed by atoms with Crippen LogP contribution >= 0.6 is 0 Å². The van der Waals surface area contributed by atoms with Crippen molar-refractivity contribution < 1.29 is 23.9 Å². The van der Waals surface area contributed by atoms with Crippen LogP contribution in [0.3, 0.4) is 0 Å². The van der Waals surface area contributed by atoms with Crippen LogP contribution in [0.5, 0.6) is 0 Å². The van der Waals surface area contributed by atoms with Crippen LogP contribution in [0.2, 0.25) is 0 Å². The molecule has 164 valence electrons. The standard InChI is InChI=1S/C25H34O5/c1-8-30-23(27)15-20-16-25(5,6)21(19(4)24(20)28)13-12-17(2)10-9-11-18(3)14-22(26)29-7/h9-14,20H,8,15-16H2,1-7H3/b11-9+,13-12+,17-10+,18-14+. The Balaban J connectivity index is 2.97. The highest BCUT2D eigenvalue weighted by molar-refractivity contribution is 6.00. The molecule has 1 aliphatic carbocycles. The number of esters is 2. The van der Waals surface area contributed by atoms with Crippen LogP contribution in [-0.4, -0.2) is 31.4 Å². The number of rotatable bonds is 8. The van der Waals surface area contributed by atoms with E-state index in [0.717, 1.165) is 16.7 Å². The molecular weight excluding hydrogens is 380 g/mol. The minimum Gasteiger partial charge on any atom is -0.466 e. The topological polar surface area (TPSA) is 69.7 Å². The molecule has 0 spiro atoms. The van der Waals surface area contributed by atoms with E-state index < -0.39 is 0 Å². The van der Waals surface area contributed by atoms with Crippen LogP contribution in [0, 0.1) is 11.3 Å². The van der Waals surface area contributed by atoms with E-state index in [4.69, 9.17) is 4.74 Å². The first-order valence-corrected chi connectivity index (χ1v) is 10.2. The van der Waals surface area contributed by atoms with Gasteiger partial charge >= 0.3 is 11.9 Å². The Morgan fingerprint density at radius 2 is 1.83 bits per heavy atom. The van der Waals surface area contributed by atoms with Gasteiger partial charge in [-0.2, -0.15) is 0 Å². The van der Waals surface area contributed by atoms with Crippen LogP contribution in [0.25, 0.3) is 0 Å². The number of allylic oxidation sites excluding steroid dienone is 9. The zero-order valence-corrected chi connectivity index (χ0v) is 19.2. The van der Waals surface area contributed by atoms with E-state index in [1.165, 1.54) is 13.2 Å². The first-order chi connectivity index (χ1) is 14.0. The first kappa shape index (κ1) is 25.3. The van der Waals surface area contributed by atoms with Crippen molar-refractivity contribution in [3.8, 4) is 0 Å². The maximum atomic E-state index is 12.8. The molecule has 0 saturated heterocycles. The highest BCUT2D eigenvalue weighted by atomic mass is 16.5. The largest absolute Gasteiger partial charge is 0.466 e. The summed E-state index contributed by atoms with van der Waals surface area (Å²) < 4.78 is 9.62. The molecule has 0 bridgehead atoms. The van der Waals surface area contributed by atoms with Gasteiger partial charge in [0.2, 0.25) is 0 Å². The average molecular weight is 415 g/mol. The summed E-state index contributed by atoms with van der Waals surface area (Å²) in [4.78, 5) is 35.9. The summed E-state index contributed by atoms with van der Waals surface area (Å²) in [5.74, 6) is -1.02. The third kappa shape index (κ3) is 7.62. The second-order valence-electron chi connectivity index (χ2n) is 8.21. The molecule has 0 fully saturated rings. The van der Waals surface area contributed by atoms with Gasteiger partial charge < -0.3 is 9.47 Å². The van der Waals surface area contributed by atoms with Gasteiger partial charge in [0.15, 0.2) is 5.78 Å². The monoisotopic (exact) mass is 414 g/mol. The molecule has 0 aromatic rings. The van der Waals surface area contributed by atoms with Crippen molar-refractivity contribution in [3.05, 3.63) is 58.7 Å². The summed E-state index contributed by atoms with van der Waals surface area (Å²) in [7, 11) is 1.35. The Bertz CT molecular complexity index is 818. The third-order valence-electron chi connectivity index (χ3n) is 5.13. The predicted molar refractivity (Wildman–Crippen MR) is 119 cm³/mol. The molecule has 5 heteroatoms. The summed E-state index contributed by atoms with van der Waals surface area (Å²) >= 11 is 0. The lowest BCUT2D eigenvalue weighted by atomic mass is 9.67. The Kier molecular flexibility index (Phi) is 9.70. The number of carbonyl (C=O) groups excluding carboxylic acids is 3. The second-order valence-corrected chi connectivity index (χ2v) is 8.21. The Hall–Kier alpha value is -2.69. The van der Waals surface area contributed by atoms with Crippen molar-refractivity contribution in [2.45, 2.75) is 54.4 Å². The summed E-state index contributed by atoms with van der Waals surface area (Å²) in [6, 6.07) is 0. The van der Waals surface area contributed by atoms with Gasteiger partial charge in [-0.1, -0.05) is 49.8 Å². The van der Waals surface area contributed by atoms with Crippen LogP contribution in [0.15, 0.2) is 58.7 Å². The Morgan fingerprint density at radius 3 is 2.43 bits per heavy atom. The molecule has 0 saturated carbocycles. The SMILES string of the molecule is CCOC(=O)CC1CC(C)(C)C(/C=C/C(C)=C/C=C/C(C)=C/C(=O)OC)=C(C)C1=O. The second kappa shape index (κ2) is 11.5. The number of ether oxygens (including phenoxy) is 2. The van der Waals surface area contributed by atoms with Crippen molar-refractivity contribution in [2.75, 3.05) is 13.7 Å². The fraction of sp³-hybridized carbons (Fsp3) is 0.480. The van der Waals surface area contributed by atoms with Crippen molar-refractivity contribution in [2.24, 2.45) is 11.3 Å². The highest BCUT2D eigenvalue weighted by Gasteiger charge is 2.38. The Morgan fingerprint density at radius 1 is 1.17 bits per heavy atom. The molecule has 0 aromatic carbocycles. The van der Waals surface area contributed by atoms with Gasteiger partial charge in [0.25, 0.3) is 0 Å². The summed E-state index contributed by atoms with van der Waals surface area (Å²) in [5, 5.41) is 0. The number of hydrogen-bond donors (Lipinski definition) is 0. The van der Waals surface area contributed by atoms with Gasteiger partial charge in [0.05, 0.1) is 20.1 Å². The zero-order valence-electron chi connectivity index (χ0n) is 19.2. The number of methoxy groups -OCH3 is 1. The number of hydrogen-bond acceptors (Lipinski definition) is 5. The van der Waals surface area contributed by atoms with Crippen molar-refractivity contribution in [1.29, 1.82) is 0 Å². The molecule has 1 unspecified atom stereocenters. The lowest BCUT2D eigenvalue weighted by Crippen LogP contribution is -2.33. The molecule has 0 radical (unpaired) electrons. The maximum Gasteiger partial charge on any atom is 0.330 e. The summed E-state index contributed by atoms with van der Waals surface area (Å²) in [6.45, 7) is 11.9. The van der Waals surface area contributed by atoms with Gasteiger partial charge in [0, 0.05) is 12.0 Å². The number of Topliss-reactive ketones (excluding diaryl/α,β-unsaturated/α-hetero) is 1. The minimum atomic E-state index is -0.384. The van der Waals surface area contributed by atoms with E-state index in [1.54, 1.807) is 6.92 Å². The molecule has 0 N–H and O–H groups in total. The molecule has 0 aliphatic heterocycles. The van der Waals surface area contributed by atoms with E-state index in [2.05, 4.69) is 18.6 Å². The van der Waals surface area contributed by atoms with Gasteiger partial charge in [-0.25, -0.2) is 4.79 Å². The third-order valence-corrected chi connectivity index (χ3v) is 5.13. The van der Waals surface area contributed by atoms with Crippen LogP contribution in [0.1, 0.15) is 54.4 Å². The van der Waals surface area contributed by atoms with Gasteiger partial charge in [0.1, 0.15) is 0 Å². The van der Waals surface area contributed by atoms with Crippen LogP contribution < -0.4 is 0 Å². The molecular formula is C25H34O5. The van der Waals surface area contributed by atoms with E-state index >= 15 is 0 Å². The van der Waals surface area contributed by atoms with E-state index in [0.29, 0.717) is 18.6 Å². The Labute approximate surface area is 180 Å². The molecule has 0 amide bonds. The van der Waals surface area contributed by atoms with E-state index in [-0.39, 0.29) is 35.5 Å². The molecule has 0 heterocycles. The van der Waals surface area contributed by atoms with Gasteiger partial charge in [-0.15, -0.1) is 0 Å². The average Bonchev–Trinajstić information content (AvgIpc) is 2.65. The fourth-order valence-corrected chi connectivity index (χ4v) is 3.62. The van der Waals surface area contributed by atoms with Crippen molar-refractivity contribution >= 4 is 17.7 Å². The van der Waals surface area contributed by atoms with Crippen LogP contribution in [-0.2, 0) is 23.9 Å². The lowest BCUT2D eigenvalue weighted by Gasteiger charge is -2.36. The predicted octanol–water partition coefficient (Wildman–Crippen LogP) is 5.05. The highest BCUT2D eigenvalue weighted by Crippen LogP contribution is 2.43. The first-order valence-electron chi connectivity index (χ1n) is 10.2. The van der Waals surface area contributed by atoms with Crippen molar-refractivity contribution in [3.63, 3.8) is 0 Å². The van der Waals surface area contributed by atoms with E-state index in [9.17, 15) is 14.4 Å². The lowest BCUT2D eigenvalue weighted by molar-refractivity contribution is -0.146. The smallest absolute Gasteiger partial charge is 0.330 e. The molecule has 5 nitrogen and oxygen atoms in total. The number of ketones is 1. The molecule has 1 rings (SSSR count).